The summed E-state index contributed by atoms with van der Waals surface area (Å²) in [6.45, 7) is 4.21. The third-order valence-electron chi connectivity index (χ3n) is 11.0. The monoisotopic (exact) mass is 875 g/mol. The van der Waals surface area contributed by atoms with Crippen LogP contribution in [0.3, 0.4) is 0 Å². The summed E-state index contributed by atoms with van der Waals surface area (Å²) in [5.74, 6) is -0.484. The van der Waals surface area contributed by atoms with E-state index in [1.165, 1.54) is 103 Å². The lowest BCUT2D eigenvalue weighted by Gasteiger charge is -2.41. The number of carbonyl (C=O) groups excluding carboxylic acids is 1. The lowest BCUT2D eigenvalue weighted by Crippen LogP contribution is -2.64. The van der Waals surface area contributed by atoms with Crippen molar-refractivity contribution in [1.29, 1.82) is 0 Å². The number of allylic oxidation sites excluding steroid dienone is 6. The first-order valence-electron chi connectivity index (χ1n) is 23.8. The maximum atomic E-state index is 12.8. The van der Waals surface area contributed by atoms with Gasteiger partial charge in [0.05, 0.1) is 13.2 Å². The lowest BCUT2D eigenvalue weighted by atomic mass is 9.85. The first kappa shape index (κ1) is 56.6. The second-order valence-corrected chi connectivity index (χ2v) is 18.0. The van der Waals surface area contributed by atoms with Crippen molar-refractivity contribution in [3.63, 3.8) is 0 Å². The van der Waals surface area contributed by atoms with Crippen LogP contribution in [-0.2, 0) is 27.9 Å². The Bertz CT molecular complexity index is 1130. The summed E-state index contributed by atoms with van der Waals surface area (Å²) in [5.41, 5.74) is 0. The summed E-state index contributed by atoms with van der Waals surface area (Å²) in [6, 6.07) is 0. The van der Waals surface area contributed by atoms with E-state index < -0.39 is 63.1 Å². The molecule has 352 valence electrons. The van der Waals surface area contributed by atoms with Gasteiger partial charge in [0.25, 0.3) is 0 Å². The Morgan fingerprint density at radius 1 is 0.533 bits per heavy atom. The Balaban J connectivity index is 2.38. The van der Waals surface area contributed by atoms with Gasteiger partial charge in [-0.2, -0.15) is 0 Å². The van der Waals surface area contributed by atoms with E-state index >= 15 is 0 Å². The van der Waals surface area contributed by atoms with Crippen LogP contribution in [-0.4, -0.2) is 98.9 Å². The van der Waals surface area contributed by atoms with Crippen LogP contribution < -0.4 is 0 Å². The van der Waals surface area contributed by atoms with E-state index in [1.54, 1.807) is 0 Å². The molecule has 1 aliphatic rings. The normalized spacial score (nSPS) is 22.6. The van der Waals surface area contributed by atoms with Crippen LogP contribution in [0, 0.1) is 0 Å². The van der Waals surface area contributed by atoms with E-state index in [-0.39, 0.29) is 13.0 Å². The van der Waals surface area contributed by atoms with Crippen molar-refractivity contribution in [2.24, 2.45) is 0 Å². The number of hydrogen-bond donors (Lipinski definition) is 6. The highest BCUT2D eigenvalue weighted by molar-refractivity contribution is 7.47. The molecule has 12 nitrogen and oxygen atoms in total. The smallest absolute Gasteiger partial charge is 0.457 e. The average molecular weight is 875 g/mol. The van der Waals surface area contributed by atoms with Crippen molar-refractivity contribution >= 4 is 13.8 Å². The molecule has 1 saturated carbocycles. The molecule has 0 amide bonds. The molecule has 6 atom stereocenters. The molecule has 0 bridgehead atoms. The number of unbranched alkanes of at least 4 members (excludes halogenated alkanes) is 22. The molecule has 0 radical (unpaired) electrons. The van der Waals surface area contributed by atoms with Crippen LogP contribution in [0.2, 0.25) is 0 Å². The highest BCUT2D eigenvalue weighted by Gasteiger charge is 2.51. The Kier molecular flexibility index (Phi) is 35.9. The Morgan fingerprint density at radius 3 is 1.45 bits per heavy atom. The van der Waals surface area contributed by atoms with Crippen molar-refractivity contribution in [3.8, 4) is 0 Å². The summed E-state index contributed by atoms with van der Waals surface area (Å²) >= 11 is 0. The molecule has 0 spiro atoms. The minimum absolute atomic E-state index is 0.0817. The van der Waals surface area contributed by atoms with Gasteiger partial charge in [0.15, 0.2) is 0 Å². The third-order valence-corrected chi connectivity index (χ3v) is 12.0. The molecule has 0 aromatic heterocycles. The molecule has 0 aliphatic heterocycles. The van der Waals surface area contributed by atoms with E-state index in [2.05, 4.69) is 50.3 Å². The second kappa shape index (κ2) is 38.1. The minimum atomic E-state index is -5.02. The van der Waals surface area contributed by atoms with Crippen LogP contribution in [0.25, 0.3) is 0 Å². The SMILES string of the molecule is CCCCC/C=C\C/C=C\CCCCCCCCCCCC(=O)OC(COCCCCCCCC/C=C\CCCCCC)COP(=O)(O)OC1C(O)C(O)C(O)C(O)C1O. The summed E-state index contributed by atoms with van der Waals surface area (Å²) in [7, 11) is -5.02. The van der Waals surface area contributed by atoms with Crippen molar-refractivity contribution in [2.45, 2.75) is 236 Å². The molecule has 6 N–H and O–H groups in total. The molecule has 6 unspecified atom stereocenters. The largest absolute Gasteiger partial charge is 0.472 e. The fourth-order valence-corrected chi connectivity index (χ4v) is 8.12. The summed E-state index contributed by atoms with van der Waals surface area (Å²) in [4.78, 5) is 23.2. The maximum Gasteiger partial charge on any atom is 0.472 e. The summed E-state index contributed by atoms with van der Waals surface area (Å²) in [5, 5.41) is 50.2. The van der Waals surface area contributed by atoms with Gasteiger partial charge in [-0.15, -0.1) is 0 Å². The van der Waals surface area contributed by atoms with Gasteiger partial charge in [0.1, 0.15) is 42.7 Å². The van der Waals surface area contributed by atoms with Crippen LogP contribution in [0.15, 0.2) is 36.5 Å². The number of aliphatic hydroxyl groups excluding tert-OH is 5. The number of esters is 1. The van der Waals surface area contributed by atoms with E-state index in [1.807, 2.05) is 0 Å². The predicted octanol–water partition coefficient (Wildman–Crippen LogP) is 9.87. The topological polar surface area (TPSA) is 192 Å². The van der Waals surface area contributed by atoms with Gasteiger partial charge in [-0.05, 0) is 70.6 Å². The molecule has 0 saturated heterocycles. The quantitative estimate of drug-likeness (QED) is 0.0148. The first-order valence-corrected chi connectivity index (χ1v) is 25.3. The molecule has 1 rings (SSSR count). The highest BCUT2D eigenvalue weighted by Crippen LogP contribution is 2.47. The van der Waals surface area contributed by atoms with Gasteiger partial charge in [-0.25, -0.2) is 4.57 Å². The molecular weight excluding hydrogens is 787 g/mol. The summed E-state index contributed by atoms with van der Waals surface area (Å²) in [6.07, 6.45) is 32.0. The minimum Gasteiger partial charge on any atom is -0.457 e. The van der Waals surface area contributed by atoms with Crippen LogP contribution >= 0.6 is 7.82 Å². The lowest BCUT2D eigenvalue weighted by molar-refractivity contribution is -0.220. The number of carbonyl (C=O) groups is 1. The first-order chi connectivity index (χ1) is 29.0. The Hall–Kier alpha value is -1.44. The fraction of sp³-hybridized carbons (Fsp3) is 0.851. The van der Waals surface area contributed by atoms with E-state index in [9.17, 15) is 39.8 Å². The van der Waals surface area contributed by atoms with Crippen molar-refractivity contribution in [1.82, 2.24) is 0 Å². The molecule has 0 heterocycles. The van der Waals surface area contributed by atoms with E-state index in [4.69, 9.17) is 18.5 Å². The number of hydrogen-bond acceptors (Lipinski definition) is 11. The highest BCUT2D eigenvalue weighted by atomic mass is 31.2. The summed E-state index contributed by atoms with van der Waals surface area (Å²) < 4.78 is 34.2. The zero-order chi connectivity index (χ0) is 44.1. The van der Waals surface area contributed by atoms with Gasteiger partial charge in [-0.3, -0.25) is 13.8 Å². The second-order valence-electron chi connectivity index (χ2n) is 16.6. The molecule has 0 aromatic rings. The molecule has 1 fully saturated rings. The molecule has 1 aliphatic carbocycles. The molecule has 0 aromatic carbocycles. The zero-order valence-corrected chi connectivity index (χ0v) is 38.4. The predicted molar refractivity (Wildman–Crippen MR) is 239 cm³/mol. The van der Waals surface area contributed by atoms with Gasteiger partial charge in [0.2, 0.25) is 0 Å². The van der Waals surface area contributed by atoms with Crippen LogP contribution in [0.5, 0.6) is 0 Å². The van der Waals surface area contributed by atoms with Gasteiger partial charge in [0, 0.05) is 13.0 Å². The van der Waals surface area contributed by atoms with Gasteiger partial charge >= 0.3 is 13.8 Å². The molecular formula is C47H87O12P. The van der Waals surface area contributed by atoms with Crippen LogP contribution in [0.4, 0.5) is 0 Å². The van der Waals surface area contributed by atoms with Gasteiger partial charge < -0.3 is 39.9 Å². The maximum absolute atomic E-state index is 12.8. The Labute approximate surface area is 363 Å². The number of phosphoric acid groups is 1. The van der Waals surface area contributed by atoms with E-state index in [0.717, 1.165) is 64.2 Å². The van der Waals surface area contributed by atoms with Crippen molar-refractivity contribution in [2.75, 3.05) is 19.8 Å². The number of aliphatic hydroxyl groups is 5. The van der Waals surface area contributed by atoms with E-state index in [0.29, 0.717) is 13.0 Å². The number of phosphoric ester groups is 1. The standard InChI is InChI=1S/C47H87O12P/c1-3-5-7-9-11-13-15-17-19-20-21-22-23-24-26-28-30-32-34-36-41(48)58-40(38-56-37-35-33-31-29-27-25-18-16-14-12-10-8-6-4-2)39-57-60(54,55)59-47-45(52)43(50)42(49)44(51)46(47)53/h11,13-14,16-17,19,40,42-47,49-53H,3-10,12,15,18,20-39H2,1-2H3,(H,54,55)/b13-11-,16-14-,19-17-. The number of rotatable bonds is 40. The van der Waals surface area contributed by atoms with Crippen molar-refractivity contribution in [3.05, 3.63) is 36.5 Å². The molecule has 60 heavy (non-hydrogen) atoms. The van der Waals surface area contributed by atoms with Gasteiger partial charge in [-0.1, -0.05) is 153 Å². The number of ether oxygens (including phenoxy) is 2. The fourth-order valence-electron chi connectivity index (χ4n) is 7.14. The van der Waals surface area contributed by atoms with Crippen molar-refractivity contribution < 1.29 is 58.3 Å². The average Bonchev–Trinajstić information content (AvgIpc) is 3.23. The zero-order valence-electron chi connectivity index (χ0n) is 37.5. The third kappa shape index (κ3) is 29.8. The van der Waals surface area contributed by atoms with Crippen LogP contribution in [0.1, 0.15) is 194 Å². The molecule has 13 heteroatoms. The Morgan fingerprint density at radius 2 is 0.933 bits per heavy atom.